The summed E-state index contributed by atoms with van der Waals surface area (Å²) in [6.07, 6.45) is 1.56. The summed E-state index contributed by atoms with van der Waals surface area (Å²) in [5.74, 6) is 1.61. The van der Waals surface area contributed by atoms with Crippen LogP contribution in [0.2, 0.25) is 0 Å². The van der Waals surface area contributed by atoms with E-state index in [0.717, 1.165) is 28.2 Å². The van der Waals surface area contributed by atoms with Crippen molar-refractivity contribution in [3.8, 4) is 5.75 Å². The fourth-order valence-electron chi connectivity index (χ4n) is 1.98. The molecule has 5 nitrogen and oxygen atoms in total. The molecule has 3 aromatic rings. The molecule has 0 unspecified atom stereocenters. The van der Waals surface area contributed by atoms with Crippen molar-refractivity contribution >= 4 is 11.0 Å². The van der Waals surface area contributed by atoms with Crippen molar-refractivity contribution in [1.82, 2.24) is 10.5 Å². The van der Waals surface area contributed by atoms with Crippen LogP contribution in [0.15, 0.2) is 45.5 Å². The lowest BCUT2D eigenvalue weighted by atomic mass is 10.2. The monoisotopic (exact) mass is 258 g/mol. The highest BCUT2D eigenvalue weighted by Gasteiger charge is 2.08. The van der Waals surface area contributed by atoms with Gasteiger partial charge in [-0.05, 0) is 12.1 Å². The number of fused-ring (bicyclic) bond motifs is 1. The number of methoxy groups -OCH3 is 1. The molecule has 0 aliphatic heterocycles. The lowest BCUT2D eigenvalue weighted by molar-refractivity contribution is 0.402. The van der Waals surface area contributed by atoms with Gasteiger partial charge in [-0.25, -0.2) is 0 Å². The highest BCUT2D eigenvalue weighted by molar-refractivity contribution is 5.83. The molecule has 0 aliphatic rings. The molecule has 0 radical (unpaired) electrons. The largest absolute Gasteiger partial charge is 0.493 e. The van der Waals surface area contributed by atoms with Crippen LogP contribution in [0, 0.1) is 0 Å². The molecule has 0 saturated heterocycles. The Kier molecular flexibility index (Phi) is 3.20. The summed E-state index contributed by atoms with van der Waals surface area (Å²) in [6.45, 7) is 1.27. The van der Waals surface area contributed by atoms with Crippen molar-refractivity contribution in [2.45, 2.75) is 13.1 Å². The Morgan fingerprint density at radius 1 is 1.26 bits per heavy atom. The third kappa shape index (κ3) is 2.46. The number of furan rings is 1. The molecule has 0 spiro atoms. The van der Waals surface area contributed by atoms with Crippen LogP contribution >= 0.6 is 0 Å². The minimum absolute atomic E-state index is 0.630. The van der Waals surface area contributed by atoms with Crippen LogP contribution in [-0.4, -0.2) is 12.3 Å². The molecule has 19 heavy (non-hydrogen) atoms. The quantitative estimate of drug-likeness (QED) is 0.762. The van der Waals surface area contributed by atoms with Gasteiger partial charge in [-0.2, -0.15) is 0 Å². The van der Waals surface area contributed by atoms with Crippen LogP contribution in [-0.2, 0) is 13.1 Å². The summed E-state index contributed by atoms with van der Waals surface area (Å²) in [5.41, 5.74) is 1.65. The fourth-order valence-corrected chi connectivity index (χ4v) is 1.98. The van der Waals surface area contributed by atoms with Crippen molar-refractivity contribution in [2.75, 3.05) is 7.11 Å². The minimum Gasteiger partial charge on any atom is -0.493 e. The Bertz CT molecular complexity index is 658. The molecule has 0 amide bonds. The number of nitrogens with one attached hydrogen (secondary N) is 1. The number of benzene rings is 1. The summed E-state index contributed by atoms with van der Waals surface area (Å²) >= 11 is 0. The highest BCUT2D eigenvalue weighted by Crippen LogP contribution is 2.28. The third-order valence-electron chi connectivity index (χ3n) is 2.88. The third-order valence-corrected chi connectivity index (χ3v) is 2.88. The summed E-state index contributed by atoms with van der Waals surface area (Å²) < 4.78 is 15.8. The predicted molar refractivity (Wildman–Crippen MR) is 69.8 cm³/mol. The Labute approximate surface area is 110 Å². The normalized spacial score (nSPS) is 11.0. The Hall–Kier alpha value is -2.27. The first-order valence-electron chi connectivity index (χ1n) is 6.02. The maximum Gasteiger partial charge on any atom is 0.176 e. The van der Waals surface area contributed by atoms with Gasteiger partial charge in [0.1, 0.15) is 12.0 Å². The van der Waals surface area contributed by atoms with Crippen molar-refractivity contribution in [3.63, 3.8) is 0 Å². The molecule has 5 heteroatoms. The molecule has 3 rings (SSSR count). The van der Waals surface area contributed by atoms with Gasteiger partial charge in [-0.15, -0.1) is 0 Å². The Morgan fingerprint density at radius 3 is 3.00 bits per heavy atom. The lowest BCUT2D eigenvalue weighted by Gasteiger charge is -1.99. The molecule has 1 aromatic carbocycles. The topological polar surface area (TPSA) is 60.4 Å². The van der Waals surface area contributed by atoms with E-state index in [9.17, 15) is 0 Å². The Morgan fingerprint density at radius 2 is 2.21 bits per heavy atom. The molecule has 0 saturated carbocycles. The number of hydrogen-bond donors (Lipinski definition) is 1. The highest BCUT2D eigenvalue weighted by atomic mass is 16.5. The van der Waals surface area contributed by atoms with Crippen LogP contribution in [0.5, 0.6) is 5.75 Å². The van der Waals surface area contributed by atoms with Crippen LogP contribution in [0.1, 0.15) is 11.5 Å². The molecular formula is C14H14N2O3. The maximum atomic E-state index is 5.78. The molecular weight excluding hydrogens is 244 g/mol. The standard InChI is InChI=1S/C14H14N2O3/c1-17-13-4-2-3-10-7-12(19-14(10)13)9-15-8-11-5-6-18-16-11/h2-7,15H,8-9H2,1H3. The maximum absolute atomic E-state index is 5.78. The molecule has 0 atom stereocenters. The van der Waals surface area contributed by atoms with Gasteiger partial charge in [0.15, 0.2) is 11.3 Å². The van der Waals surface area contributed by atoms with Crippen molar-refractivity contribution in [1.29, 1.82) is 0 Å². The smallest absolute Gasteiger partial charge is 0.176 e. The lowest BCUT2D eigenvalue weighted by Crippen LogP contribution is -2.12. The van der Waals surface area contributed by atoms with Gasteiger partial charge in [0.2, 0.25) is 0 Å². The van der Waals surface area contributed by atoms with E-state index in [0.29, 0.717) is 13.1 Å². The first kappa shape index (κ1) is 11.8. The minimum atomic E-state index is 0.630. The fraction of sp³-hybridized carbons (Fsp3) is 0.214. The average molecular weight is 258 g/mol. The van der Waals surface area contributed by atoms with E-state index in [4.69, 9.17) is 13.7 Å². The summed E-state index contributed by atoms with van der Waals surface area (Å²) in [4.78, 5) is 0. The van der Waals surface area contributed by atoms with Crippen LogP contribution < -0.4 is 10.1 Å². The molecule has 98 valence electrons. The number of ether oxygens (including phenoxy) is 1. The number of hydrogen-bond acceptors (Lipinski definition) is 5. The van der Waals surface area contributed by atoms with Crippen molar-refractivity contribution in [2.24, 2.45) is 0 Å². The Balaban J connectivity index is 1.71. The zero-order valence-electron chi connectivity index (χ0n) is 10.6. The molecule has 0 fully saturated rings. The zero-order valence-corrected chi connectivity index (χ0v) is 10.6. The molecule has 2 heterocycles. The van der Waals surface area contributed by atoms with Crippen LogP contribution in [0.4, 0.5) is 0 Å². The van der Waals surface area contributed by atoms with Gasteiger partial charge in [-0.1, -0.05) is 17.3 Å². The second kappa shape index (κ2) is 5.16. The molecule has 0 aliphatic carbocycles. The average Bonchev–Trinajstić information content (AvgIpc) is 3.06. The second-order valence-corrected chi connectivity index (χ2v) is 4.19. The number of aromatic nitrogens is 1. The molecule has 2 aromatic heterocycles. The van der Waals surface area contributed by atoms with E-state index in [2.05, 4.69) is 10.5 Å². The van der Waals surface area contributed by atoms with E-state index >= 15 is 0 Å². The van der Waals surface area contributed by atoms with Gasteiger partial charge in [-0.3, -0.25) is 0 Å². The number of para-hydroxylation sites is 1. The van der Waals surface area contributed by atoms with Gasteiger partial charge < -0.3 is 19.0 Å². The van der Waals surface area contributed by atoms with Gasteiger partial charge in [0, 0.05) is 18.0 Å². The summed E-state index contributed by atoms with van der Waals surface area (Å²) in [7, 11) is 1.64. The SMILES string of the molecule is COc1cccc2cc(CNCc3ccon3)oc12. The van der Waals surface area contributed by atoms with Crippen LogP contribution in [0.3, 0.4) is 0 Å². The van der Waals surface area contributed by atoms with Gasteiger partial charge in [0.05, 0.1) is 19.3 Å². The van der Waals surface area contributed by atoms with Crippen molar-refractivity contribution < 1.29 is 13.7 Å². The molecule has 1 N–H and O–H groups in total. The van der Waals surface area contributed by atoms with Gasteiger partial charge >= 0.3 is 0 Å². The molecule has 0 bridgehead atoms. The van der Waals surface area contributed by atoms with Crippen molar-refractivity contribution in [3.05, 3.63) is 48.0 Å². The second-order valence-electron chi connectivity index (χ2n) is 4.19. The summed E-state index contributed by atoms with van der Waals surface area (Å²) in [5, 5.41) is 8.11. The van der Waals surface area contributed by atoms with E-state index < -0.39 is 0 Å². The first-order chi connectivity index (χ1) is 9.36. The van der Waals surface area contributed by atoms with Gasteiger partial charge in [0.25, 0.3) is 0 Å². The zero-order chi connectivity index (χ0) is 13.1. The van der Waals surface area contributed by atoms with E-state index in [1.54, 1.807) is 13.4 Å². The number of rotatable bonds is 5. The number of nitrogens with zero attached hydrogens (tertiary/aromatic N) is 1. The first-order valence-corrected chi connectivity index (χ1v) is 6.02. The van der Waals surface area contributed by atoms with E-state index in [-0.39, 0.29) is 0 Å². The van der Waals surface area contributed by atoms with E-state index in [1.165, 1.54) is 0 Å². The van der Waals surface area contributed by atoms with Crippen LogP contribution in [0.25, 0.3) is 11.0 Å². The predicted octanol–water partition coefficient (Wildman–Crippen LogP) is 2.72. The summed E-state index contributed by atoms with van der Waals surface area (Å²) in [6, 6.07) is 9.67. The van der Waals surface area contributed by atoms with E-state index in [1.807, 2.05) is 30.3 Å².